The van der Waals surface area contributed by atoms with Gasteiger partial charge in [-0.3, -0.25) is 4.79 Å². The molecule has 1 atom stereocenters. The zero-order valence-corrected chi connectivity index (χ0v) is 5.42. The lowest BCUT2D eigenvalue weighted by atomic mass is 10.3. The van der Waals surface area contributed by atoms with Crippen molar-refractivity contribution in [3.05, 3.63) is 12.7 Å². The van der Waals surface area contributed by atoms with Gasteiger partial charge in [-0.15, -0.1) is 6.58 Å². The van der Waals surface area contributed by atoms with Crippen molar-refractivity contribution >= 4 is 5.97 Å². The van der Waals surface area contributed by atoms with Gasteiger partial charge in [0.15, 0.2) is 0 Å². The normalized spacial score (nSPS) is 12.6. The third-order valence-electron chi connectivity index (χ3n) is 0.929. The Morgan fingerprint density at radius 3 is 2.89 bits per heavy atom. The summed E-state index contributed by atoms with van der Waals surface area (Å²) in [5.74, 6) is -0.844. The number of hydrogen-bond acceptors (Lipinski definition) is 2. The van der Waals surface area contributed by atoms with Gasteiger partial charge in [-0.05, 0) is 6.92 Å². The second-order valence-electron chi connectivity index (χ2n) is 1.80. The molecule has 52 valence electrons. The van der Waals surface area contributed by atoms with Gasteiger partial charge in [-0.2, -0.15) is 0 Å². The minimum Gasteiger partial charge on any atom is -0.480 e. The third kappa shape index (κ3) is 5.03. The summed E-state index contributed by atoms with van der Waals surface area (Å²) in [7, 11) is 0. The molecule has 0 rings (SSSR count). The SMILES string of the molecule is C=CC(C)NCC(=O)O. The molecular weight excluding hydrogens is 118 g/mol. The van der Waals surface area contributed by atoms with Gasteiger partial charge in [0, 0.05) is 6.04 Å². The highest BCUT2D eigenvalue weighted by molar-refractivity contribution is 5.69. The quantitative estimate of drug-likeness (QED) is 0.534. The van der Waals surface area contributed by atoms with Crippen molar-refractivity contribution in [1.29, 1.82) is 0 Å². The number of carboxylic acids is 1. The van der Waals surface area contributed by atoms with Crippen LogP contribution in [-0.4, -0.2) is 23.7 Å². The van der Waals surface area contributed by atoms with Gasteiger partial charge in [0.05, 0.1) is 6.54 Å². The first-order chi connectivity index (χ1) is 4.16. The Hall–Kier alpha value is -0.830. The maximum Gasteiger partial charge on any atom is 0.317 e. The van der Waals surface area contributed by atoms with E-state index in [1.807, 2.05) is 6.92 Å². The van der Waals surface area contributed by atoms with Gasteiger partial charge in [-0.1, -0.05) is 6.08 Å². The van der Waals surface area contributed by atoms with E-state index in [4.69, 9.17) is 5.11 Å². The van der Waals surface area contributed by atoms with Crippen LogP contribution in [0.15, 0.2) is 12.7 Å². The Morgan fingerprint density at radius 2 is 2.56 bits per heavy atom. The molecule has 2 N–H and O–H groups in total. The average molecular weight is 129 g/mol. The van der Waals surface area contributed by atoms with Crippen LogP contribution in [0.25, 0.3) is 0 Å². The van der Waals surface area contributed by atoms with Crippen LogP contribution in [0.5, 0.6) is 0 Å². The van der Waals surface area contributed by atoms with Crippen molar-refractivity contribution < 1.29 is 9.90 Å². The van der Waals surface area contributed by atoms with Gasteiger partial charge < -0.3 is 10.4 Å². The Kier molecular flexibility index (Phi) is 3.71. The molecule has 0 saturated carbocycles. The van der Waals surface area contributed by atoms with Crippen molar-refractivity contribution in [1.82, 2.24) is 5.32 Å². The molecule has 0 aliphatic heterocycles. The molecule has 0 spiro atoms. The second kappa shape index (κ2) is 4.09. The highest BCUT2D eigenvalue weighted by Gasteiger charge is 1.97. The lowest BCUT2D eigenvalue weighted by Crippen LogP contribution is -2.29. The Bertz CT molecular complexity index is 112. The molecule has 0 amide bonds. The van der Waals surface area contributed by atoms with E-state index in [2.05, 4.69) is 11.9 Å². The molecule has 0 fully saturated rings. The minimum absolute atomic E-state index is 0.00676. The zero-order chi connectivity index (χ0) is 7.28. The van der Waals surface area contributed by atoms with Crippen LogP contribution in [-0.2, 0) is 4.79 Å². The number of nitrogens with one attached hydrogen (secondary N) is 1. The summed E-state index contributed by atoms with van der Waals surface area (Å²) >= 11 is 0. The van der Waals surface area contributed by atoms with Crippen LogP contribution < -0.4 is 5.32 Å². The van der Waals surface area contributed by atoms with Gasteiger partial charge in [0.25, 0.3) is 0 Å². The first-order valence-electron chi connectivity index (χ1n) is 2.74. The molecule has 0 radical (unpaired) electrons. The van der Waals surface area contributed by atoms with E-state index in [9.17, 15) is 4.79 Å². The van der Waals surface area contributed by atoms with E-state index >= 15 is 0 Å². The predicted molar refractivity (Wildman–Crippen MR) is 35.3 cm³/mol. The topological polar surface area (TPSA) is 49.3 Å². The molecule has 0 aromatic rings. The van der Waals surface area contributed by atoms with E-state index in [-0.39, 0.29) is 12.6 Å². The van der Waals surface area contributed by atoms with E-state index in [1.165, 1.54) is 0 Å². The van der Waals surface area contributed by atoms with E-state index in [1.54, 1.807) is 6.08 Å². The van der Waals surface area contributed by atoms with Crippen LogP contribution in [0.1, 0.15) is 6.92 Å². The zero-order valence-electron chi connectivity index (χ0n) is 5.42. The van der Waals surface area contributed by atoms with Crippen molar-refractivity contribution in [2.75, 3.05) is 6.54 Å². The van der Waals surface area contributed by atoms with E-state index in [0.29, 0.717) is 0 Å². The summed E-state index contributed by atoms with van der Waals surface area (Å²) in [6.07, 6.45) is 1.66. The molecule has 0 bridgehead atoms. The van der Waals surface area contributed by atoms with Crippen molar-refractivity contribution in [2.24, 2.45) is 0 Å². The molecule has 0 aromatic carbocycles. The third-order valence-corrected chi connectivity index (χ3v) is 0.929. The highest BCUT2D eigenvalue weighted by Crippen LogP contribution is 1.78. The maximum atomic E-state index is 9.92. The second-order valence-corrected chi connectivity index (χ2v) is 1.80. The van der Waals surface area contributed by atoms with Crippen molar-refractivity contribution in [3.63, 3.8) is 0 Å². The first-order valence-corrected chi connectivity index (χ1v) is 2.74. The van der Waals surface area contributed by atoms with Crippen LogP contribution in [0.2, 0.25) is 0 Å². The molecular formula is C6H11NO2. The summed E-state index contributed by atoms with van der Waals surface area (Å²) in [6.45, 7) is 5.32. The largest absolute Gasteiger partial charge is 0.480 e. The molecule has 0 aliphatic carbocycles. The highest BCUT2D eigenvalue weighted by atomic mass is 16.4. The summed E-state index contributed by atoms with van der Waals surface area (Å²) in [6, 6.07) is 0.0705. The average Bonchev–Trinajstić information content (AvgIpc) is 1.83. The van der Waals surface area contributed by atoms with E-state index in [0.717, 1.165) is 0 Å². The standard InChI is InChI=1S/C6H11NO2/c1-3-5(2)7-4-6(8)9/h3,5,7H,1,4H2,2H3,(H,8,9). The molecule has 0 aromatic heterocycles. The summed E-state index contributed by atoms with van der Waals surface area (Å²) < 4.78 is 0. The van der Waals surface area contributed by atoms with Gasteiger partial charge in [0.1, 0.15) is 0 Å². The molecule has 0 aliphatic rings. The number of rotatable bonds is 4. The summed E-state index contributed by atoms with van der Waals surface area (Å²) in [4.78, 5) is 9.92. The van der Waals surface area contributed by atoms with Crippen LogP contribution in [0.3, 0.4) is 0 Å². The van der Waals surface area contributed by atoms with Gasteiger partial charge >= 0.3 is 5.97 Å². The number of carbonyl (C=O) groups is 1. The molecule has 9 heavy (non-hydrogen) atoms. The molecule has 3 nitrogen and oxygen atoms in total. The predicted octanol–water partition coefficient (Wildman–Crippen LogP) is 0.235. The lowest BCUT2D eigenvalue weighted by Gasteiger charge is -2.03. The van der Waals surface area contributed by atoms with Crippen molar-refractivity contribution in [3.8, 4) is 0 Å². The Labute approximate surface area is 54.4 Å². The van der Waals surface area contributed by atoms with Crippen LogP contribution in [0.4, 0.5) is 0 Å². The van der Waals surface area contributed by atoms with Crippen LogP contribution in [0, 0.1) is 0 Å². The Balaban J connectivity index is 3.26. The lowest BCUT2D eigenvalue weighted by molar-refractivity contribution is -0.136. The number of carboxylic acid groups (broad SMARTS) is 1. The first kappa shape index (κ1) is 8.17. The van der Waals surface area contributed by atoms with Gasteiger partial charge in [-0.25, -0.2) is 0 Å². The fourth-order valence-corrected chi connectivity index (χ4v) is 0.332. The molecule has 0 saturated heterocycles. The number of hydrogen-bond donors (Lipinski definition) is 2. The smallest absolute Gasteiger partial charge is 0.317 e. The Morgan fingerprint density at radius 1 is 2.00 bits per heavy atom. The molecule has 0 heterocycles. The summed E-state index contributed by atoms with van der Waals surface area (Å²) in [5, 5.41) is 10.9. The van der Waals surface area contributed by atoms with Crippen molar-refractivity contribution in [2.45, 2.75) is 13.0 Å². The van der Waals surface area contributed by atoms with E-state index < -0.39 is 5.97 Å². The van der Waals surface area contributed by atoms with Crippen LogP contribution >= 0.6 is 0 Å². The monoisotopic (exact) mass is 129 g/mol. The molecule has 3 heteroatoms. The fourth-order valence-electron chi connectivity index (χ4n) is 0.332. The van der Waals surface area contributed by atoms with Gasteiger partial charge in [0.2, 0.25) is 0 Å². The number of aliphatic carboxylic acids is 1. The molecule has 1 unspecified atom stereocenters. The fraction of sp³-hybridized carbons (Fsp3) is 0.500. The maximum absolute atomic E-state index is 9.92. The summed E-state index contributed by atoms with van der Waals surface area (Å²) in [5.41, 5.74) is 0. The minimum atomic E-state index is -0.844.